The molecule has 1 aliphatic heterocycles. The van der Waals surface area contributed by atoms with Crippen molar-refractivity contribution in [2.75, 3.05) is 18.5 Å². The molecule has 0 aliphatic carbocycles. The number of nitrogens with one attached hydrogen (secondary N) is 1. The van der Waals surface area contributed by atoms with Gasteiger partial charge in [0.1, 0.15) is 0 Å². The minimum absolute atomic E-state index is 0.512. The van der Waals surface area contributed by atoms with Crippen molar-refractivity contribution in [2.45, 2.75) is 26.3 Å². The molecule has 0 spiro atoms. The molecule has 5 nitrogen and oxygen atoms in total. The normalized spacial score (nSPS) is 16.1. The number of anilines is 1. The summed E-state index contributed by atoms with van der Waals surface area (Å²) < 4.78 is 0. The van der Waals surface area contributed by atoms with Crippen LogP contribution in [0.5, 0.6) is 0 Å². The molecule has 3 N–H and O–H groups in total. The fourth-order valence-corrected chi connectivity index (χ4v) is 1.95. The van der Waals surface area contributed by atoms with Crippen molar-refractivity contribution in [1.29, 1.82) is 0 Å². The third kappa shape index (κ3) is 2.24. The Morgan fingerprint density at radius 1 is 1.60 bits per heavy atom. The third-order valence-corrected chi connectivity index (χ3v) is 2.68. The van der Waals surface area contributed by atoms with Crippen molar-refractivity contribution >= 4 is 5.95 Å². The first-order valence-corrected chi connectivity index (χ1v) is 5.37. The number of nitrogen functional groups attached to an aromatic ring is 1. The Morgan fingerprint density at radius 2 is 2.47 bits per heavy atom. The largest absolute Gasteiger partial charge is 0.299 e. The molecule has 5 heteroatoms. The average Bonchev–Trinajstić information content (AvgIpc) is 2.29. The Morgan fingerprint density at radius 3 is 3.20 bits per heavy atom. The van der Waals surface area contributed by atoms with Crippen molar-refractivity contribution < 1.29 is 0 Å². The van der Waals surface area contributed by atoms with Gasteiger partial charge in [0.2, 0.25) is 5.95 Å². The molecule has 0 unspecified atom stereocenters. The zero-order chi connectivity index (χ0) is 10.7. The van der Waals surface area contributed by atoms with Gasteiger partial charge in [-0.3, -0.25) is 10.3 Å². The van der Waals surface area contributed by atoms with E-state index in [0.717, 1.165) is 31.7 Å². The molecule has 2 heterocycles. The average molecular weight is 207 g/mol. The van der Waals surface area contributed by atoms with E-state index in [1.165, 1.54) is 12.0 Å². The summed E-state index contributed by atoms with van der Waals surface area (Å²) in [5.74, 6) is 5.78. The van der Waals surface area contributed by atoms with Crippen LogP contribution in [-0.4, -0.2) is 28.0 Å². The number of hydrazine groups is 1. The highest BCUT2D eigenvalue weighted by atomic mass is 15.3. The van der Waals surface area contributed by atoms with Gasteiger partial charge in [0, 0.05) is 31.3 Å². The number of hydrogen-bond donors (Lipinski definition) is 2. The van der Waals surface area contributed by atoms with Crippen LogP contribution in [0.1, 0.15) is 24.6 Å². The number of nitrogens with zero attached hydrogens (tertiary/aromatic N) is 3. The minimum Gasteiger partial charge on any atom is -0.299 e. The smallest absolute Gasteiger partial charge is 0.237 e. The first-order valence-electron chi connectivity index (χ1n) is 5.37. The molecule has 0 amide bonds. The molecule has 0 aromatic carbocycles. The maximum Gasteiger partial charge on any atom is 0.237 e. The highest BCUT2D eigenvalue weighted by Gasteiger charge is 2.17. The second kappa shape index (κ2) is 4.55. The van der Waals surface area contributed by atoms with E-state index in [4.69, 9.17) is 5.84 Å². The Balaban J connectivity index is 2.13. The van der Waals surface area contributed by atoms with Crippen LogP contribution in [0.2, 0.25) is 0 Å². The molecule has 0 radical (unpaired) electrons. The summed E-state index contributed by atoms with van der Waals surface area (Å²) >= 11 is 0. The van der Waals surface area contributed by atoms with Gasteiger partial charge in [-0.05, 0) is 13.0 Å². The molecular weight excluding hydrogens is 190 g/mol. The van der Waals surface area contributed by atoms with Gasteiger partial charge in [-0.2, -0.15) is 0 Å². The summed E-state index contributed by atoms with van der Waals surface area (Å²) in [6.07, 6.45) is 4.06. The Bertz CT molecular complexity index is 339. The lowest BCUT2D eigenvalue weighted by Crippen LogP contribution is -2.32. The van der Waals surface area contributed by atoms with Crippen molar-refractivity contribution in [3.05, 3.63) is 17.5 Å². The topological polar surface area (TPSA) is 67.1 Å². The van der Waals surface area contributed by atoms with E-state index in [-0.39, 0.29) is 0 Å². The van der Waals surface area contributed by atoms with Gasteiger partial charge in [0.25, 0.3) is 0 Å². The minimum atomic E-state index is 0.512. The second-order valence-electron chi connectivity index (χ2n) is 3.84. The summed E-state index contributed by atoms with van der Waals surface area (Å²) in [7, 11) is 0. The lowest BCUT2D eigenvalue weighted by atomic mass is 10.1. The molecule has 0 saturated carbocycles. The standard InChI is InChI=1S/C10H17N5/c1-2-4-15-5-3-9-8(7-15)6-12-10(13-9)14-11/h6H,2-5,7,11H2,1H3,(H,12,13,14). The molecular formula is C10H17N5. The molecule has 15 heavy (non-hydrogen) atoms. The third-order valence-electron chi connectivity index (χ3n) is 2.68. The second-order valence-corrected chi connectivity index (χ2v) is 3.84. The highest BCUT2D eigenvalue weighted by molar-refractivity contribution is 5.29. The fourth-order valence-electron chi connectivity index (χ4n) is 1.95. The SMILES string of the molecule is CCCN1CCc2nc(NN)ncc2C1. The maximum atomic E-state index is 5.27. The van der Waals surface area contributed by atoms with Gasteiger partial charge in [-0.15, -0.1) is 0 Å². The van der Waals surface area contributed by atoms with Gasteiger partial charge in [-0.25, -0.2) is 15.8 Å². The van der Waals surface area contributed by atoms with E-state index in [1.807, 2.05) is 6.20 Å². The number of hydrogen-bond acceptors (Lipinski definition) is 5. The number of fused-ring (bicyclic) bond motifs is 1. The number of rotatable bonds is 3. The van der Waals surface area contributed by atoms with Crippen LogP contribution in [0.3, 0.4) is 0 Å². The monoisotopic (exact) mass is 207 g/mol. The molecule has 0 atom stereocenters. The van der Waals surface area contributed by atoms with Crippen LogP contribution in [0.25, 0.3) is 0 Å². The summed E-state index contributed by atoms with van der Waals surface area (Å²) in [5.41, 5.74) is 4.84. The number of aromatic nitrogens is 2. The molecule has 1 aromatic heterocycles. The quantitative estimate of drug-likeness (QED) is 0.559. The van der Waals surface area contributed by atoms with Crippen molar-refractivity contribution in [3.63, 3.8) is 0 Å². The molecule has 0 saturated heterocycles. The van der Waals surface area contributed by atoms with Crippen LogP contribution < -0.4 is 11.3 Å². The molecule has 2 rings (SSSR count). The summed E-state index contributed by atoms with van der Waals surface area (Å²) in [6, 6.07) is 0. The van der Waals surface area contributed by atoms with E-state index >= 15 is 0 Å². The van der Waals surface area contributed by atoms with E-state index in [2.05, 4.69) is 27.2 Å². The first kappa shape index (κ1) is 10.3. The Kier molecular flexibility index (Phi) is 3.13. The predicted octanol–water partition coefficient (Wildman–Crippen LogP) is 0.530. The molecule has 82 valence electrons. The summed E-state index contributed by atoms with van der Waals surface area (Å²) in [6.45, 7) is 5.40. The zero-order valence-electron chi connectivity index (χ0n) is 9.03. The van der Waals surface area contributed by atoms with Crippen LogP contribution in [-0.2, 0) is 13.0 Å². The van der Waals surface area contributed by atoms with E-state index in [9.17, 15) is 0 Å². The molecule has 0 bridgehead atoms. The predicted molar refractivity (Wildman–Crippen MR) is 59.1 cm³/mol. The first-order chi connectivity index (χ1) is 7.33. The van der Waals surface area contributed by atoms with Crippen LogP contribution in [0.15, 0.2) is 6.20 Å². The van der Waals surface area contributed by atoms with Crippen LogP contribution in [0.4, 0.5) is 5.95 Å². The highest BCUT2D eigenvalue weighted by Crippen LogP contribution is 2.17. The van der Waals surface area contributed by atoms with Gasteiger partial charge in [-0.1, -0.05) is 6.92 Å². The van der Waals surface area contributed by atoms with Gasteiger partial charge >= 0.3 is 0 Å². The van der Waals surface area contributed by atoms with Crippen LogP contribution >= 0.6 is 0 Å². The zero-order valence-corrected chi connectivity index (χ0v) is 9.03. The van der Waals surface area contributed by atoms with E-state index in [1.54, 1.807) is 0 Å². The van der Waals surface area contributed by atoms with Gasteiger partial charge < -0.3 is 0 Å². The Hall–Kier alpha value is -1.20. The summed E-state index contributed by atoms with van der Waals surface area (Å²) in [4.78, 5) is 10.9. The number of nitrogens with two attached hydrogens (primary N) is 1. The Labute approximate surface area is 89.7 Å². The van der Waals surface area contributed by atoms with Gasteiger partial charge in [0.15, 0.2) is 0 Å². The van der Waals surface area contributed by atoms with Crippen molar-refractivity contribution in [2.24, 2.45) is 5.84 Å². The van der Waals surface area contributed by atoms with Gasteiger partial charge in [0.05, 0.1) is 5.69 Å². The fraction of sp³-hybridized carbons (Fsp3) is 0.600. The molecule has 0 fully saturated rings. The molecule has 1 aliphatic rings. The lowest BCUT2D eigenvalue weighted by molar-refractivity contribution is 0.252. The maximum absolute atomic E-state index is 5.27. The van der Waals surface area contributed by atoms with Crippen molar-refractivity contribution in [1.82, 2.24) is 14.9 Å². The van der Waals surface area contributed by atoms with E-state index < -0.39 is 0 Å². The van der Waals surface area contributed by atoms with Crippen molar-refractivity contribution in [3.8, 4) is 0 Å². The van der Waals surface area contributed by atoms with E-state index in [0.29, 0.717) is 5.95 Å². The lowest BCUT2D eigenvalue weighted by Gasteiger charge is -2.27. The summed E-state index contributed by atoms with van der Waals surface area (Å²) in [5, 5.41) is 0. The van der Waals surface area contributed by atoms with Crippen LogP contribution in [0, 0.1) is 0 Å². The molecule has 1 aromatic rings.